The molecule has 0 radical (unpaired) electrons. The molecule has 0 fully saturated rings. The summed E-state index contributed by atoms with van der Waals surface area (Å²) in [5.41, 5.74) is -0.0867. The predicted molar refractivity (Wildman–Crippen MR) is 51.5 cm³/mol. The molecule has 0 saturated heterocycles. The Hall–Kier alpha value is -1.78. The highest BCUT2D eigenvalue weighted by Crippen LogP contribution is 2.22. The Bertz CT molecular complexity index is 441. The van der Waals surface area contributed by atoms with Crippen molar-refractivity contribution in [2.75, 3.05) is 0 Å². The maximum absolute atomic E-state index is 13.2. The lowest BCUT2D eigenvalue weighted by Gasteiger charge is -2.08. The highest BCUT2D eigenvalue weighted by atomic mass is 19.2. The monoisotopic (exact) mass is 230 g/mol. The fourth-order valence-electron chi connectivity index (χ4n) is 1.22. The number of halogens is 3. The van der Waals surface area contributed by atoms with E-state index in [1.165, 1.54) is 13.0 Å². The predicted octanol–water partition coefficient (Wildman–Crippen LogP) is 2.85. The zero-order valence-corrected chi connectivity index (χ0v) is 8.38. The van der Waals surface area contributed by atoms with Gasteiger partial charge in [-0.2, -0.15) is 0 Å². The zero-order valence-electron chi connectivity index (χ0n) is 8.38. The number of carbonyl (C=O) groups is 1. The summed E-state index contributed by atoms with van der Waals surface area (Å²) < 4.78 is 38.7. The maximum atomic E-state index is 13.2. The van der Waals surface area contributed by atoms with Crippen molar-refractivity contribution in [3.05, 3.63) is 47.3 Å². The van der Waals surface area contributed by atoms with E-state index in [1.54, 1.807) is 0 Å². The van der Waals surface area contributed by atoms with Crippen molar-refractivity contribution >= 4 is 5.97 Å². The molecule has 0 spiro atoms. The Balaban J connectivity index is 3.04. The molecule has 5 heteroatoms. The van der Waals surface area contributed by atoms with Crippen molar-refractivity contribution in [2.45, 2.75) is 12.8 Å². The first-order chi connectivity index (χ1) is 7.41. The van der Waals surface area contributed by atoms with Crippen LogP contribution in [0.25, 0.3) is 0 Å². The van der Waals surface area contributed by atoms with E-state index in [1.807, 2.05) is 0 Å². The smallest absolute Gasteiger partial charge is 0.327 e. The van der Waals surface area contributed by atoms with Gasteiger partial charge in [-0.1, -0.05) is 13.0 Å². The number of carboxylic acid groups (broad SMARTS) is 1. The standard InChI is InChI=1S/C11H9F3O2/c1-6(2-3-11(15)16)7-4-9(13)10(14)5-8(7)12/h2-6H,1H3,(H,15,16)/b3-2+. The fraction of sp³-hybridized carbons (Fsp3) is 0.182. The highest BCUT2D eigenvalue weighted by molar-refractivity contribution is 5.79. The van der Waals surface area contributed by atoms with Crippen LogP contribution in [-0.4, -0.2) is 11.1 Å². The van der Waals surface area contributed by atoms with Gasteiger partial charge in [-0.3, -0.25) is 0 Å². The summed E-state index contributed by atoms with van der Waals surface area (Å²) >= 11 is 0. The van der Waals surface area contributed by atoms with E-state index in [2.05, 4.69) is 0 Å². The number of hydrogen-bond donors (Lipinski definition) is 1. The molecule has 0 bridgehead atoms. The van der Waals surface area contributed by atoms with Crippen molar-refractivity contribution in [1.29, 1.82) is 0 Å². The van der Waals surface area contributed by atoms with E-state index in [9.17, 15) is 18.0 Å². The van der Waals surface area contributed by atoms with Crippen LogP contribution in [0.2, 0.25) is 0 Å². The van der Waals surface area contributed by atoms with Gasteiger partial charge in [-0.05, 0) is 11.6 Å². The Morgan fingerprint density at radius 3 is 2.38 bits per heavy atom. The molecule has 0 aliphatic carbocycles. The minimum atomic E-state index is -1.27. The van der Waals surface area contributed by atoms with E-state index in [-0.39, 0.29) is 5.56 Å². The average molecular weight is 230 g/mol. The van der Waals surface area contributed by atoms with Crippen LogP contribution in [0, 0.1) is 17.5 Å². The fourth-order valence-corrected chi connectivity index (χ4v) is 1.22. The van der Waals surface area contributed by atoms with Gasteiger partial charge in [-0.15, -0.1) is 0 Å². The molecule has 16 heavy (non-hydrogen) atoms. The Morgan fingerprint density at radius 2 is 1.81 bits per heavy atom. The van der Waals surface area contributed by atoms with Crippen molar-refractivity contribution in [2.24, 2.45) is 0 Å². The second-order valence-electron chi connectivity index (χ2n) is 3.27. The molecule has 1 N–H and O–H groups in total. The van der Waals surface area contributed by atoms with Crippen LogP contribution < -0.4 is 0 Å². The summed E-state index contributed by atoms with van der Waals surface area (Å²) in [6.07, 6.45) is 2.02. The van der Waals surface area contributed by atoms with Gasteiger partial charge in [0.15, 0.2) is 11.6 Å². The molecule has 1 aromatic rings. The van der Waals surface area contributed by atoms with Gasteiger partial charge in [0.05, 0.1) is 0 Å². The molecule has 0 aromatic heterocycles. The summed E-state index contributed by atoms with van der Waals surface area (Å²) in [6.45, 7) is 1.48. The average Bonchev–Trinajstić information content (AvgIpc) is 2.20. The van der Waals surface area contributed by atoms with Gasteiger partial charge in [-0.25, -0.2) is 18.0 Å². The van der Waals surface area contributed by atoms with Gasteiger partial charge < -0.3 is 5.11 Å². The second kappa shape index (κ2) is 4.83. The summed E-state index contributed by atoms with van der Waals surface area (Å²) in [5.74, 6) is -5.16. The van der Waals surface area contributed by atoms with Crippen LogP contribution in [0.15, 0.2) is 24.3 Å². The molecule has 86 valence electrons. The quantitative estimate of drug-likeness (QED) is 0.640. The van der Waals surface area contributed by atoms with E-state index in [0.717, 1.165) is 12.1 Å². The van der Waals surface area contributed by atoms with Gasteiger partial charge in [0.1, 0.15) is 5.82 Å². The van der Waals surface area contributed by atoms with Gasteiger partial charge in [0, 0.05) is 18.1 Å². The van der Waals surface area contributed by atoms with E-state index >= 15 is 0 Å². The van der Waals surface area contributed by atoms with E-state index in [0.29, 0.717) is 6.07 Å². The lowest BCUT2D eigenvalue weighted by Crippen LogP contribution is -1.99. The highest BCUT2D eigenvalue weighted by Gasteiger charge is 2.13. The molecule has 1 rings (SSSR count). The van der Waals surface area contributed by atoms with Crippen molar-refractivity contribution in [3.8, 4) is 0 Å². The molecule has 0 aliphatic heterocycles. The molecule has 1 unspecified atom stereocenters. The number of rotatable bonds is 3. The largest absolute Gasteiger partial charge is 0.478 e. The molecular weight excluding hydrogens is 221 g/mol. The molecule has 2 nitrogen and oxygen atoms in total. The number of aliphatic carboxylic acids is 1. The first-order valence-corrected chi connectivity index (χ1v) is 4.47. The van der Waals surface area contributed by atoms with E-state index < -0.39 is 29.3 Å². The van der Waals surface area contributed by atoms with Crippen LogP contribution in [-0.2, 0) is 4.79 Å². The minimum Gasteiger partial charge on any atom is -0.478 e. The summed E-state index contributed by atoms with van der Waals surface area (Å²) in [4.78, 5) is 10.2. The first-order valence-electron chi connectivity index (χ1n) is 4.47. The van der Waals surface area contributed by atoms with Gasteiger partial charge >= 0.3 is 5.97 Å². The Kier molecular flexibility index (Phi) is 3.71. The van der Waals surface area contributed by atoms with Crippen LogP contribution in [0.5, 0.6) is 0 Å². The van der Waals surface area contributed by atoms with Gasteiger partial charge in [0.2, 0.25) is 0 Å². The summed E-state index contributed by atoms with van der Waals surface area (Å²) in [5, 5.41) is 8.36. The summed E-state index contributed by atoms with van der Waals surface area (Å²) in [7, 11) is 0. The topological polar surface area (TPSA) is 37.3 Å². The molecule has 1 aromatic carbocycles. The van der Waals surface area contributed by atoms with Crippen molar-refractivity contribution in [3.63, 3.8) is 0 Å². The lowest BCUT2D eigenvalue weighted by molar-refractivity contribution is -0.131. The van der Waals surface area contributed by atoms with Crippen LogP contribution in [0.3, 0.4) is 0 Å². The first kappa shape index (κ1) is 12.3. The maximum Gasteiger partial charge on any atom is 0.327 e. The van der Waals surface area contributed by atoms with Crippen LogP contribution in [0.4, 0.5) is 13.2 Å². The molecule has 1 atom stereocenters. The normalized spacial score (nSPS) is 13.0. The lowest BCUT2D eigenvalue weighted by atomic mass is 10.00. The number of benzene rings is 1. The number of hydrogen-bond acceptors (Lipinski definition) is 1. The Morgan fingerprint density at radius 1 is 1.25 bits per heavy atom. The van der Waals surface area contributed by atoms with Crippen molar-refractivity contribution in [1.82, 2.24) is 0 Å². The molecule has 0 heterocycles. The third kappa shape index (κ3) is 2.85. The molecule has 0 amide bonds. The zero-order chi connectivity index (χ0) is 12.3. The van der Waals surface area contributed by atoms with Crippen LogP contribution >= 0.6 is 0 Å². The minimum absolute atomic E-state index is 0.0867. The third-order valence-corrected chi connectivity index (χ3v) is 2.06. The molecule has 0 saturated carbocycles. The number of allylic oxidation sites excluding steroid dienone is 1. The number of carboxylic acids is 1. The van der Waals surface area contributed by atoms with Crippen LogP contribution in [0.1, 0.15) is 18.4 Å². The SMILES string of the molecule is CC(/C=C/C(=O)O)c1cc(F)c(F)cc1F. The van der Waals surface area contributed by atoms with Gasteiger partial charge in [0.25, 0.3) is 0 Å². The summed E-state index contributed by atoms with van der Waals surface area (Å²) in [6, 6.07) is 1.16. The molecule has 0 aliphatic rings. The molecular formula is C11H9F3O2. The van der Waals surface area contributed by atoms with Crippen molar-refractivity contribution < 1.29 is 23.1 Å². The second-order valence-corrected chi connectivity index (χ2v) is 3.27. The Labute approximate surface area is 90.0 Å². The van der Waals surface area contributed by atoms with E-state index in [4.69, 9.17) is 5.11 Å². The third-order valence-electron chi connectivity index (χ3n) is 2.06.